The lowest BCUT2D eigenvalue weighted by molar-refractivity contribution is -0.162. The first-order chi connectivity index (χ1) is 11.8. The van der Waals surface area contributed by atoms with Gasteiger partial charge in [-0.2, -0.15) is 0 Å². The van der Waals surface area contributed by atoms with Gasteiger partial charge in [0.15, 0.2) is 0 Å². The fourth-order valence-corrected chi connectivity index (χ4v) is 5.45. The number of ether oxygens (including phenoxy) is 2. The number of carboxylic acid groups (broad SMARTS) is 1. The van der Waals surface area contributed by atoms with Gasteiger partial charge in [-0.25, -0.2) is 4.79 Å². The summed E-state index contributed by atoms with van der Waals surface area (Å²) in [4.78, 5) is 36.0. The Morgan fingerprint density at radius 3 is 2.76 bits per heavy atom. The minimum absolute atomic E-state index is 0.0435. The molecule has 140 valence electrons. The zero-order valence-electron chi connectivity index (χ0n) is 15.0. The van der Waals surface area contributed by atoms with E-state index in [9.17, 15) is 19.5 Å². The molecule has 0 aromatic rings. The standard InChI is InChI=1S/C18H27NO6/c1-4-24-17(23)19-11-5-6-18(3)10(7-11)8-12-13(14(18)15(20)21)9(2)25-16(12)22/h9-14H,4-8H2,1-3H3,(H,19,23)(H,20,21)/t9-,10+,11-,12-,13-,14+,18-/m1/s1. The van der Waals surface area contributed by atoms with Crippen molar-refractivity contribution < 1.29 is 29.0 Å². The van der Waals surface area contributed by atoms with E-state index < -0.39 is 18.0 Å². The van der Waals surface area contributed by atoms with Crippen LogP contribution in [0.3, 0.4) is 0 Å². The van der Waals surface area contributed by atoms with Crippen molar-refractivity contribution >= 4 is 18.0 Å². The van der Waals surface area contributed by atoms with Crippen molar-refractivity contribution in [1.29, 1.82) is 0 Å². The number of hydrogen-bond acceptors (Lipinski definition) is 5. The van der Waals surface area contributed by atoms with E-state index in [0.717, 1.165) is 6.42 Å². The van der Waals surface area contributed by atoms with Gasteiger partial charge < -0.3 is 19.9 Å². The van der Waals surface area contributed by atoms with Gasteiger partial charge in [-0.05, 0) is 50.9 Å². The molecule has 1 aliphatic heterocycles. The second kappa shape index (κ2) is 6.50. The molecule has 1 heterocycles. The maximum absolute atomic E-state index is 12.2. The normalized spacial score (nSPS) is 42.8. The van der Waals surface area contributed by atoms with Crippen molar-refractivity contribution in [1.82, 2.24) is 5.32 Å². The lowest BCUT2D eigenvalue weighted by Gasteiger charge is -2.54. The van der Waals surface area contributed by atoms with Crippen LogP contribution in [0.5, 0.6) is 0 Å². The van der Waals surface area contributed by atoms with Crippen LogP contribution < -0.4 is 5.32 Å². The first kappa shape index (κ1) is 18.0. The molecule has 2 N–H and O–H groups in total. The van der Waals surface area contributed by atoms with Crippen molar-refractivity contribution in [3.63, 3.8) is 0 Å². The Morgan fingerprint density at radius 1 is 1.40 bits per heavy atom. The van der Waals surface area contributed by atoms with Crippen molar-refractivity contribution in [3.8, 4) is 0 Å². The Labute approximate surface area is 147 Å². The zero-order valence-corrected chi connectivity index (χ0v) is 15.0. The predicted octanol–water partition coefficient (Wildman–Crippen LogP) is 2.19. The van der Waals surface area contributed by atoms with Gasteiger partial charge in [-0.1, -0.05) is 6.92 Å². The molecule has 2 aliphatic carbocycles. The Bertz CT molecular complexity index is 578. The fraction of sp³-hybridized carbons (Fsp3) is 0.833. The van der Waals surface area contributed by atoms with Crippen LogP contribution in [-0.4, -0.2) is 41.9 Å². The molecule has 7 nitrogen and oxygen atoms in total. The summed E-state index contributed by atoms with van der Waals surface area (Å²) in [5, 5.41) is 12.8. The minimum atomic E-state index is -0.843. The highest BCUT2D eigenvalue weighted by atomic mass is 16.6. The van der Waals surface area contributed by atoms with Crippen LogP contribution >= 0.6 is 0 Å². The number of alkyl carbamates (subject to hydrolysis) is 1. The molecule has 0 bridgehead atoms. The first-order valence-electron chi connectivity index (χ1n) is 9.14. The smallest absolute Gasteiger partial charge is 0.407 e. The number of carbonyl (C=O) groups is 3. The fourth-order valence-electron chi connectivity index (χ4n) is 5.45. The van der Waals surface area contributed by atoms with Gasteiger partial charge in [0.1, 0.15) is 6.10 Å². The SMILES string of the molecule is CCOC(=O)N[C@@H]1CC[C@]2(C)[C@@H](C1)C[C@H]1C(=O)O[C@H](C)[C@H]1[C@H]2C(=O)O. The summed E-state index contributed by atoms with van der Waals surface area (Å²) >= 11 is 0. The molecule has 3 rings (SSSR count). The highest BCUT2D eigenvalue weighted by Gasteiger charge is 2.62. The van der Waals surface area contributed by atoms with E-state index in [1.165, 1.54) is 0 Å². The van der Waals surface area contributed by atoms with Crippen LogP contribution in [0.15, 0.2) is 0 Å². The quantitative estimate of drug-likeness (QED) is 0.754. The molecule has 0 aromatic heterocycles. The molecule has 25 heavy (non-hydrogen) atoms. The molecule has 7 heteroatoms. The van der Waals surface area contributed by atoms with Crippen molar-refractivity contribution in [2.45, 2.75) is 58.6 Å². The summed E-state index contributed by atoms with van der Waals surface area (Å²) in [6.45, 7) is 5.90. The molecule has 0 radical (unpaired) electrons. The molecule has 7 atom stereocenters. The molecular formula is C18H27NO6. The van der Waals surface area contributed by atoms with E-state index in [0.29, 0.717) is 25.9 Å². The third-order valence-corrected chi connectivity index (χ3v) is 6.64. The number of carbonyl (C=O) groups excluding carboxylic acids is 2. The van der Waals surface area contributed by atoms with Crippen LogP contribution in [-0.2, 0) is 19.1 Å². The van der Waals surface area contributed by atoms with E-state index in [1.54, 1.807) is 13.8 Å². The summed E-state index contributed by atoms with van der Waals surface area (Å²) in [6.07, 6.45) is 1.94. The Hall–Kier alpha value is -1.79. The summed E-state index contributed by atoms with van der Waals surface area (Å²) < 4.78 is 10.3. The van der Waals surface area contributed by atoms with Crippen LogP contribution in [0.2, 0.25) is 0 Å². The zero-order chi connectivity index (χ0) is 18.4. The number of rotatable bonds is 3. The van der Waals surface area contributed by atoms with Gasteiger partial charge in [0.25, 0.3) is 0 Å². The van der Waals surface area contributed by atoms with Crippen molar-refractivity contribution in [2.24, 2.45) is 29.1 Å². The first-order valence-corrected chi connectivity index (χ1v) is 9.14. The molecule has 0 spiro atoms. The van der Waals surface area contributed by atoms with Gasteiger partial charge in [-0.3, -0.25) is 9.59 Å². The topological polar surface area (TPSA) is 102 Å². The molecule has 1 saturated heterocycles. The summed E-state index contributed by atoms with van der Waals surface area (Å²) in [7, 11) is 0. The monoisotopic (exact) mass is 353 g/mol. The third kappa shape index (κ3) is 2.98. The van der Waals surface area contributed by atoms with Gasteiger partial charge >= 0.3 is 18.0 Å². The number of fused-ring (bicyclic) bond motifs is 2. The lowest BCUT2D eigenvalue weighted by Crippen LogP contribution is -2.56. The average Bonchev–Trinajstić information content (AvgIpc) is 2.79. The van der Waals surface area contributed by atoms with Gasteiger partial charge in [0.05, 0.1) is 18.4 Å². The number of hydrogen-bond donors (Lipinski definition) is 2. The van der Waals surface area contributed by atoms with Crippen LogP contribution in [0.1, 0.15) is 46.5 Å². The van der Waals surface area contributed by atoms with E-state index in [2.05, 4.69) is 5.32 Å². The summed E-state index contributed by atoms with van der Waals surface area (Å²) in [5.41, 5.74) is -0.387. The van der Waals surface area contributed by atoms with Gasteiger partial charge in [0, 0.05) is 12.0 Å². The molecular weight excluding hydrogens is 326 g/mol. The molecule has 0 aromatic carbocycles. The van der Waals surface area contributed by atoms with E-state index in [1.807, 2.05) is 6.92 Å². The van der Waals surface area contributed by atoms with Crippen LogP contribution in [0.4, 0.5) is 4.79 Å². The highest BCUT2D eigenvalue weighted by molar-refractivity contribution is 5.79. The number of cyclic esters (lactones) is 1. The average molecular weight is 353 g/mol. The maximum atomic E-state index is 12.2. The van der Waals surface area contributed by atoms with Crippen LogP contribution in [0, 0.1) is 29.1 Å². The Morgan fingerprint density at radius 2 is 2.12 bits per heavy atom. The maximum Gasteiger partial charge on any atom is 0.407 e. The number of aliphatic carboxylic acids is 1. The number of carboxylic acids is 1. The molecule has 2 saturated carbocycles. The molecule has 3 fully saturated rings. The lowest BCUT2D eigenvalue weighted by atomic mass is 9.49. The largest absolute Gasteiger partial charge is 0.481 e. The van der Waals surface area contributed by atoms with Gasteiger partial charge in [-0.15, -0.1) is 0 Å². The summed E-state index contributed by atoms with van der Waals surface area (Å²) in [6, 6.07) is -0.0435. The summed E-state index contributed by atoms with van der Waals surface area (Å²) in [5.74, 6) is -2.26. The van der Waals surface area contributed by atoms with E-state index in [4.69, 9.17) is 9.47 Å². The number of nitrogens with one attached hydrogen (secondary N) is 1. The highest BCUT2D eigenvalue weighted by Crippen LogP contribution is 2.59. The van der Waals surface area contributed by atoms with Crippen molar-refractivity contribution in [2.75, 3.05) is 6.61 Å². The molecule has 0 unspecified atom stereocenters. The van der Waals surface area contributed by atoms with Gasteiger partial charge in [0.2, 0.25) is 0 Å². The third-order valence-electron chi connectivity index (χ3n) is 6.64. The van der Waals surface area contributed by atoms with Crippen molar-refractivity contribution in [3.05, 3.63) is 0 Å². The second-order valence-electron chi connectivity index (χ2n) is 7.92. The minimum Gasteiger partial charge on any atom is -0.481 e. The van der Waals surface area contributed by atoms with E-state index >= 15 is 0 Å². The Balaban J connectivity index is 1.82. The van der Waals surface area contributed by atoms with Crippen LogP contribution in [0.25, 0.3) is 0 Å². The number of amides is 1. The molecule has 3 aliphatic rings. The van der Waals surface area contributed by atoms with E-state index in [-0.39, 0.29) is 41.3 Å². The second-order valence-corrected chi connectivity index (χ2v) is 7.92. The molecule has 1 amide bonds. The predicted molar refractivity (Wildman–Crippen MR) is 87.7 cm³/mol. The number of esters is 1. The Kier molecular flexibility index (Phi) is 4.68.